The van der Waals surface area contributed by atoms with Gasteiger partial charge in [-0.1, -0.05) is 0 Å². The van der Waals surface area contributed by atoms with Crippen molar-refractivity contribution in [2.75, 3.05) is 13.2 Å². The third kappa shape index (κ3) is 1.29. The van der Waals surface area contributed by atoms with Crippen LogP contribution in [0.5, 0.6) is 5.88 Å². The number of fused-ring (bicyclic) bond motifs is 1. The first kappa shape index (κ1) is 9.52. The third-order valence-corrected chi connectivity index (χ3v) is 2.92. The maximum absolute atomic E-state index is 5.69. The number of hydrogen-bond acceptors (Lipinski definition) is 6. The zero-order valence-electron chi connectivity index (χ0n) is 9.33. The molecule has 0 N–H and O–H groups in total. The Labute approximate surface area is 102 Å². The first-order chi connectivity index (χ1) is 8.92. The van der Waals surface area contributed by atoms with E-state index in [2.05, 4.69) is 19.9 Å². The summed E-state index contributed by atoms with van der Waals surface area (Å²) in [6.07, 6.45) is 4.83. The van der Waals surface area contributed by atoms with Crippen LogP contribution in [0.3, 0.4) is 0 Å². The normalized spacial score (nSPS) is 16.9. The Bertz CT molecular complexity index is 703. The molecule has 0 aromatic carbocycles. The van der Waals surface area contributed by atoms with Gasteiger partial charge in [-0.05, 0) is 6.07 Å². The molecule has 0 bridgehead atoms. The molecule has 2 aliphatic rings. The van der Waals surface area contributed by atoms with Crippen molar-refractivity contribution < 1.29 is 9.47 Å². The van der Waals surface area contributed by atoms with Crippen molar-refractivity contribution >= 4 is 22.4 Å². The standard InChI is InChI=1S/C12H8N4O2/c1-2-13-12-10-8(1)14-6-15-11(10)16-9-5-17-3-7(9)4-18-12/h1-3,6H,4-5H2. The van der Waals surface area contributed by atoms with E-state index in [9.17, 15) is 0 Å². The second-order valence-corrected chi connectivity index (χ2v) is 4.01. The molecule has 0 radical (unpaired) electrons. The van der Waals surface area contributed by atoms with E-state index in [0.717, 1.165) is 22.2 Å². The number of nitrogens with zero attached hydrogens (tertiary/aromatic N) is 4. The lowest BCUT2D eigenvalue weighted by atomic mass is 10.2. The van der Waals surface area contributed by atoms with Crippen LogP contribution in [-0.4, -0.2) is 33.9 Å². The molecule has 2 aromatic heterocycles. The van der Waals surface area contributed by atoms with Gasteiger partial charge in [-0.25, -0.2) is 19.9 Å². The Balaban J connectivity index is 2.06. The lowest BCUT2D eigenvalue weighted by Crippen LogP contribution is -2.13. The van der Waals surface area contributed by atoms with E-state index >= 15 is 0 Å². The Kier molecular flexibility index (Phi) is 1.85. The summed E-state index contributed by atoms with van der Waals surface area (Å²) in [6.45, 7) is 0.860. The van der Waals surface area contributed by atoms with E-state index in [1.54, 1.807) is 12.5 Å². The molecule has 0 saturated heterocycles. The Morgan fingerprint density at radius 2 is 2.11 bits per heavy atom. The molecule has 18 heavy (non-hydrogen) atoms. The molecule has 6 nitrogen and oxygen atoms in total. The van der Waals surface area contributed by atoms with Gasteiger partial charge in [-0.3, -0.25) is 0 Å². The summed E-state index contributed by atoms with van der Waals surface area (Å²) < 4.78 is 11.0. The average Bonchev–Trinajstić information content (AvgIpc) is 2.81. The van der Waals surface area contributed by atoms with Crippen LogP contribution in [-0.2, 0) is 4.74 Å². The number of aliphatic imine (C=N–C) groups is 1. The molecule has 6 heteroatoms. The zero-order chi connectivity index (χ0) is 11.9. The van der Waals surface area contributed by atoms with Crippen molar-refractivity contribution in [1.29, 1.82) is 0 Å². The lowest BCUT2D eigenvalue weighted by Gasteiger charge is -2.12. The highest BCUT2D eigenvalue weighted by molar-refractivity contribution is 6.06. The molecule has 2 aromatic rings. The largest absolute Gasteiger partial charge is 0.494 e. The van der Waals surface area contributed by atoms with Crippen molar-refractivity contribution in [2.45, 2.75) is 0 Å². The van der Waals surface area contributed by atoms with Gasteiger partial charge in [0.05, 0.1) is 17.5 Å². The lowest BCUT2D eigenvalue weighted by molar-refractivity contribution is 0.309. The smallest absolute Gasteiger partial charge is 0.227 e. The molecular formula is C12H8N4O2. The molecule has 0 fully saturated rings. The van der Waals surface area contributed by atoms with Crippen LogP contribution in [0.15, 0.2) is 35.4 Å². The zero-order valence-corrected chi connectivity index (χ0v) is 9.33. The fourth-order valence-electron chi connectivity index (χ4n) is 2.03. The van der Waals surface area contributed by atoms with Crippen LogP contribution in [0, 0.1) is 0 Å². The summed E-state index contributed by atoms with van der Waals surface area (Å²) in [6, 6.07) is 1.82. The molecule has 0 unspecified atom stereocenters. The van der Waals surface area contributed by atoms with E-state index in [1.165, 1.54) is 6.33 Å². The summed E-state index contributed by atoms with van der Waals surface area (Å²) in [5.74, 6) is 1.09. The molecular weight excluding hydrogens is 232 g/mol. The highest BCUT2D eigenvalue weighted by Crippen LogP contribution is 2.32. The quantitative estimate of drug-likeness (QED) is 0.696. The van der Waals surface area contributed by atoms with Gasteiger partial charge in [0.15, 0.2) is 5.82 Å². The van der Waals surface area contributed by atoms with Crippen molar-refractivity contribution in [2.24, 2.45) is 4.99 Å². The highest BCUT2D eigenvalue weighted by atomic mass is 16.5. The van der Waals surface area contributed by atoms with Gasteiger partial charge in [-0.15, -0.1) is 0 Å². The van der Waals surface area contributed by atoms with Crippen molar-refractivity contribution in [3.63, 3.8) is 0 Å². The third-order valence-electron chi connectivity index (χ3n) is 2.92. The second-order valence-electron chi connectivity index (χ2n) is 4.01. The summed E-state index contributed by atoms with van der Waals surface area (Å²) in [5, 5.41) is 0.749. The Hall–Kier alpha value is -2.50. The second kappa shape index (κ2) is 3.49. The monoisotopic (exact) mass is 240 g/mol. The summed E-state index contributed by atoms with van der Waals surface area (Å²) in [4.78, 5) is 17.1. The predicted octanol–water partition coefficient (Wildman–Crippen LogP) is 1.40. The first-order valence-electron chi connectivity index (χ1n) is 5.53. The van der Waals surface area contributed by atoms with Crippen LogP contribution in [0.1, 0.15) is 0 Å². The minimum atomic E-state index is 0.402. The van der Waals surface area contributed by atoms with Crippen molar-refractivity contribution in [1.82, 2.24) is 15.0 Å². The average molecular weight is 240 g/mol. The van der Waals surface area contributed by atoms with Crippen molar-refractivity contribution in [3.05, 3.63) is 30.4 Å². The van der Waals surface area contributed by atoms with Gasteiger partial charge >= 0.3 is 0 Å². The molecule has 0 saturated carbocycles. The summed E-state index contributed by atoms with van der Waals surface area (Å²) in [5.41, 5.74) is 2.56. The van der Waals surface area contributed by atoms with Crippen LogP contribution >= 0.6 is 0 Å². The summed E-state index contributed by atoms with van der Waals surface area (Å²) in [7, 11) is 0. The number of aromatic nitrogens is 3. The maximum Gasteiger partial charge on any atom is 0.227 e. The van der Waals surface area contributed by atoms with Crippen molar-refractivity contribution in [3.8, 4) is 5.88 Å². The van der Waals surface area contributed by atoms with Gasteiger partial charge in [0, 0.05) is 11.8 Å². The van der Waals surface area contributed by atoms with Gasteiger partial charge in [0.1, 0.15) is 24.9 Å². The Morgan fingerprint density at radius 3 is 3.11 bits per heavy atom. The summed E-state index contributed by atoms with van der Waals surface area (Å²) >= 11 is 0. The molecule has 0 atom stereocenters. The van der Waals surface area contributed by atoms with Gasteiger partial charge in [-0.2, -0.15) is 0 Å². The molecule has 0 aliphatic carbocycles. The molecule has 0 spiro atoms. The van der Waals surface area contributed by atoms with E-state index in [-0.39, 0.29) is 0 Å². The van der Waals surface area contributed by atoms with E-state index in [1.807, 2.05) is 6.07 Å². The number of ether oxygens (including phenoxy) is 2. The molecule has 0 amide bonds. The highest BCUT2D eigenvalue weighted by Gasteiger charge is 2.21. The first-order valence-corrected chi connectivity index (χ1v) is 5.53. The number of hydrogen-bond donors (Lipinski definition) is 0. The predicted molar refractivity (Wildman–Crippen MR) is 64.0 cm³/mol. The number of rotatable bonds is 0. The van der Waals surface area contributed by atoms with Crippen LogP contribution in [0.2, 0.25) is 0 Å². The van der Waals surface area contributed by atoms with Gasteiger partial charge < -0.3 is 9.47 Å². The fourth-order valence-corrected chi connectivity index (χ4v) is 2.03. The van der Waals surface area contributed by atoms with Gasteiger partial charge in [0.2, 0.25) is 5.88 Å². The molecule has 4 rings (SSSR count). The van der Waals surface area contributed by atoms with E-state index in [4.69, 9.17) is 9.47 Å². The molecule has 88 valence electrons. The number of pyridine rings is 1. The SMILES string of the molecule is C1=C2COc3nccc4ncnc(c34)N=C2CO1. The Morgan fingerprint density at radius 1 is 1.11 bits per heavy atom. The van der Waals surface area contributed by atoms with Gasteiger partial charge in [0.25, 0.3) is 0 Å². The van der Waals surface area contributed by atoms with Crippen LogP contribution in [0.4, 0.5) is 5.82 Å². The topological polar surface area (TPSA) is 69.5 Å². The fraction of sp³-hybridized carbons (Fsp3) is 0.167. The molecule has 4 heterocycles. The maximum atomic E-state index is 5.69. The minimum absolute atomic E-state index is 0.402. The van der Waals surface area contributed by atoms with Crippen LogP contribution in [0.25, 0.3) is 10.9 Å². The van der Waals surface area contributed by atoms with E-state index in [0.29, 0.717) is 24.9 Å². The minimum Gasteiger partial charge on any atom is -0.494 e. The van der Waals surface area contributed by atoms with E-state index < -0.39 is 0 Å². The van der Waals surface area contributed by atoms with Crippen LogP contribution < -0.4 is 4.74 Å². The molecule has 2 aliphatic heterocycles.